The topological polar surface area (TPSA) is 95.9 Å². The Morgan fingerprint density at radius 1 is 1.30 bits per heavy atom. The molecule has 2 rings (SSSR count). The fraction of sp³-hybridized carbons (Fsp3) is 0.385. The molecule has 2 heterocycles. The summed E-state index contributed by atoms with van der Waals surface area (Å²) in [6, 6.07) is 3.22. The molecule has 0 aliphatic heterocycles. The van der Waals surface area contributed by atoms with Gasteiger partial charge in [0, 0.05) is 0 Å². The van der Waals surface area contributed by atoms with Crippen LogP contribution in [0.4, 0.5) is 5.69 Å². The number of aromatic nitrogens is 4. The lowest BCUT2D eigenvalue weighted by Crippen LogP contribution is -2.10. The number of hydrogen-bond donors (Lipinski definition) is 1. The Bertz CT molecular complexity index is 618. The molecule has 0 radical (unpaired) electrons. The molecule has 0 saturated heterocycles. The molecule has 2 N–H and O–H groups in total. The zero-order chi connectivity index (χ0) is 14.7. The zero-order valence-electron chi connectivity index (χ0n) is 11.8. The fourth-order valence-electron chi connectivity index (χ4n) is 1.96. The van der Waals surface area contributed by atoms with Crippen molar-refractivity contribution in [1.29, 1.82) is 0 Å². The van der Waals surface area contributed by atoms with E-state index in [1.165, 1.54) is 7.11 Å². The van der Waals surface area contributed by atoms with Crippen molar-refractivity contribution in [2.75, 3.05) is 12.8 Å². The number of nitrogen functional groups attached to an aromatic ring is 1. The number of methoxy groups -OCH3 is 1. The van der Waals surface area contributed by atoms with E-state index >= 15 is 0 Å². The summed E-state index contributed by atoms with van der Waals surface area (Å²) < 4.78 is 6.25. The Morgan fingerprint density at radius 3 is 2.55 bits per heavy atom. The summed E-state index contributed by atoms with van der Waals surface area (Å²) in [6.07, 6.45) is 1.48. The lowest BCUT2D eigenvalue weighted by Gasteiger charge is -2.05. The van der Waals surface area contributed by atoms with Crippen molar-refractivity contribution in [3.05, 3.63) is 29.2 Å². The largest absolute Gasteiger partial charge is 0.464 e. The summed E-state index contributed by atoms with van der Waals surface area (Å²) in [7, 11) is 1.30. The highest BCUT2D eigenvalue weighted by molar-refractivity contribution is 5.86. The Morgan fingerprint density at radius 2 is 2.05 bits per heavy atom. The summed E-state index contributed by atoms with van der Waals surface area (Å²) >= 11 is 0. The van der Waals surface area contributed by atoms with Crippen molar-refractivity contribution in [1.82, 2.24) is 20.0 Å². The van der Waals surface area contributed by atoms with Crippen LogP contribution in [0.5, 0.6) is 0 Å². The first kappa shape index (κ1) is 14.0. The molecule has 0 aliphatic rings. The second-order valence-corrected chi connectivity index (χ2v) is 4.19. The number of nitrogens with two attached hydrogens (primary N) is 1. The van der Waals surface area contributed by atoms with E-state index in [-0.39, 0.29) is 5.69 Å². The van der Waals surface area contributed by atoms with Crippen LogP contribution in [-0.2, 0) is 17.6 Å². The second-order valence-electron chi connectivity index (χ2n) is 4.19. The standard InChI is InChI=1S/C13H17N5O2/c1-4-8-12(14)10(5-2)18(17-8)11-7-6-9(15-16-11)13(19)20-3/h6-7H,4-5,14H2,1-3H3. The van der Waals surface area contributed by atoms with Gasteiger partial charge in [-0.05, 0) is 25.0 Å². The van der Waals surface area contributed by atoms with Crippen molar-refractivity contribution in [2.45, 2.75) is 26.7 Å². The minimum Gasteiger partial charge on any atom is -0.464 e. The van der Waals surface area contributed by atoms with Gasteiger partial charge in [0.1, 0.15) is 0 Å². The maximum atomic E-state index is 11.3. The molecule has 2 aromatic rings. The van der Waals surface area contributed by atoms with Gasteiger partial charge in [-0.25, -0.2) is 9.48 Å². The van der Waals surface area contributed by atoms with Crippen LogP contribution in [0.3, 0.4) is 0 Å². The van der Waals surface area contributed by atoms with Crippen LogP contribution in [0.1, 0.15) is 35.7 Å². The Labute approximate surface area is 116 Å². The van der Waals surface area contributed by atoms with Crippen molar-refractivity contribution in [3.8, 4) is 5.82 Å². The maximum absolute atomic E-state index is 11.3. The smallest absolute Gasteiger partial charge is 0.358 e. The number of rotatable bonds is 4. The SMILES string of the molecule is CCc1nn(-c2ccc(C(=O)OC)nn2)c(CC)c1N. The molecule has 106 valence electrons. The van der Waals surface area contributed by atoms with E-state index in [1.807, 2.05) is 13.8 Å². The molecule has 0 fully saturated rings. The second kappa shape index (κ2) is 5.68. The zero-order valence-corrected chi connectivity index (χ0v) is 11.8. The van der Waals surface area contributed by atoms with Crippen LogP contribution in [0, 0.1) is 0 Å². The molecule has 7 nitrogen and oxygen atoms in total. The van der Waals surface area contributed by atoms with Crippen molar-refractivity contribution >= 4 is 11.7 Å². The van der Waals surface area contributed by atoms with Gasteiger partial charge in [0.25, 0.3) is 0 Å². The highest BCUT2D eigenvalue weighted by Crippen LogP contribution is 2.21. The quantitative estimate of drug-likeness (QED) is 0.841. The van der Waals surface area contributed by atoms with Crippen LogP contribution in [0.25, 0.3) is 5.82 Å². The Hall–Kier alpha value is -2.44. The molecular weight excluding hydrogens is 258 g/mol. The third-order valence-electron chi connectivity index (χ3n) is 3.03. The first-order valence-electron chi connectivity index (χ1n) is 6.41. The highest BCUT2D eigenvalue weighted by atomic mass is 16.5. The van der Waals surface area contributed by atoms with Gasteiger partial charge < -0.3 is 10.5 Å². The van der Waals surface area contributed by atoms with Crippen LogP contribution in [-0.4, -0.2) is 33.1 Å². The van der Waals surface area contributed by atoms with E-state index in [0.717, 1.165) is 24.2 Å². The summed E-state index contributed by atoms with van der Waals surface area (Å²) in [5, 5.41) is 12.3. The third kappa shape index (κ3) is 2.34. The molecule has 0 spiro atoms. The first-order chi connectivity index (χ1) is 9.62. The monoisotopic (exact) mass is 275 g/mol. The number of carbonyl (C=O) groups excluding carboxylic acids is 1. The van der Waals surface area contributed by atoms with Gasteiger partial charge in [0.05, 0.1) is 24.2 Å². The number of aryl methyl sites for hydroxylation is 1. The average molecular weight is 275 g/mol. The number of anilines is 1. The van der Waals surface area contributed by atoms with E-state index in [1.54, 1.807) is 16.8 Å². The van der Waals surface area contributed by atoms with E-state index < -0.39 is 5.97 Å². The maximum Gasteiger partial charge on any atom is 0.358 e. The number of nitrogens with zero attached hydrogens (tertiary/aromatic N) is 4. The molecule has 0 amide bonds. The number of hydrogen-bond acceptors (Lipinski definition) is 6. The normalized spacial score (nSPS) is 10.6. The minimum atomic E-state index is -0.519. The van der Waals surface area contributed by atoms with Crippen molar-refractivity contribution in [2.24, 2.45) is 0 Å². The lowest BCUT2D eigenvalue weighted by atomic mass is 10.2. The summed E-state index contributed by atoms with van der Waals surface area (Å²) in [5.74, 6) is 0.00916. The predicted octanol–water partition coefficient (Wildman–Crippen LogP) is 1.16. The van der Waals surface area contributed by atoms with Crippen molar-refractivity contribution < 1.29 is 9.53 Å². The van der Waals surface area contributed by atoms with Gasteiger partial charge in [-0.2, -0.15) is 5.10 Å². The van der Waals surface area contributed by atoms with Gasteiger partial charge in [0.2, 0.25) is 0 Å². The molecule has 0 saturated carbocycles. The molecule has 7 heteroatoms. The van der Waals surface area contributed by atoms with E-state index in [0.29, 0.717) is 11.5 Å². The molecule has 0 aliphatic carbocycles. The molecule has 0 bridgehead atoms. The summed E-state index contributed by atoms with van der Waals surface area (Å²) in [5.41, 5.74) is 8.63. The Balaban J connectivity index is 2.44. The van der Waals surface area contributed by atoms with Crippen molar-refractivity contribution in [3.63, 3.8) is 0 Å². The first-order valence-corrected chi connectivity index (χ1v) is 6.41. The molecule has 20 heavy (non-hydrogen) atoms. The van der Waals surface area contributed by atoms with E-state index in [2.05, 4.69) is 20.0 Å². The summed E-state index contributed by atoms with van der Waals surface area (Å²) in [6.45, 7) is 3.99. The van der Waals surface area contributed by atoms with Gasteiger partial charge in [-0.1, -0.05) is 13.8 Å². The van der Waals surface area contributed by atoms with Crippen LogP contribution in [0.15, 0.2) is 12.1 Å². The van der Waals surface area contributed by atoms with Gasteiger partial charge >= 0.3 is 5.97 Å². The predicted molar refractivity (Wildman–Crippen MR) is 73.7 cm³/mol. The van der Waals surface area contributed by atoms with Crippen LogP contribution >= 0.6 is 0 Å². The number of ether oxygens (including phenoxy) is 1. The molecule has 2 aromatic heterocycles. The van der Waals surface area contributed by atoms with Gasteiger partial charge in [-0.15, -0.1) is 10.2 Å². The molecular formula is C13H17N5O2. The summed E-state index contributed by atoms with van der Waals surface area (Å²) in [4.78, 5) is 11.3. The molecule has 0 unspecified atom stereocenters. The Kier molecular flexibility index (Phi) is 3.97. The third-order valence-corrected chi connectivity index (χ3v) is 3.03. The lowest BCUT2D eigenvalue weighted by molar-refractivity contribution is 0.0592. The molecule has 0 aromatic carbocycles. The fourth-order valence-corrected chi connectivity index (χ4v) is 1.96. The van der Waals surface area contributed by atoms with Gasteiger partial charge in [-0.3, -0.25) is 0 Å². The van der Waals surface area contributed by atoms with Crippen LogP contribution in [0.2, 0.25) is 0 Å². The van der Waals surface area contributed by atoms with E-state index in [4.69, 9.17) is 5.73 Å². The van der Waals surface area contributed by atoms with Crippen LogP contribution < -0.4 is 5.73 Å². The minimum absolute atomic E-state index is 0.158. The highest BCUT2D eigenvalue weighted by Gasteiger charge is 2.16. The number of esters is 1. The molecule has 0 atom stereocenters. The van der Waals surface area contributed by atoms with E-state index in [9.17, 15) is 4.79 Å². The number of carbonyl (C=O) groups is 1. The average Bonchev–Trinajstić information content (AvgIpc) is 2.82. The van der Waals surface area contributed by atoms with Gasteiger partial charge in [0.15, 0.2) is 11.5 Å².